The van der Waals surface area contributed by atoms with E-state index in [9.17, 15) is 22.4 Å². The third-order valence-corrected chi connectivity index (χ3v) is 8.99. The molecule has 0 radical (unpaired) electrons. The Labute approximate surface area is 247 Å². The van der Waals surface area contributed by atoms with Gasteiger partial charge in [-0.2, -0.15) is 4.31 Å². The predicted molar refractivity (Wildman–Crippen MR) is 163 cm³/mol. The molecule has 1 N–H and O–H groups in total. The summed E-state index contributed by atoms with van der Waals surface area (Å²) >= 11 is 0. The zero-order valence-electron chi connectivity index (χ0n) is 23.9. The molecule has 0 bridgehead atoms. The molecule has 7 nitrogen and oxygen atoms in total. The summed E-state index contributed by atoms with van der Waals surface area (Å²) in [5.74, 6) is -1.51. The van der Waals surface area contributed by atoms with Crippen LogP contribution in [-0.2, 0) is 32.6 Å². The molecule has 0 saturated carbocycles. The summed E-state index contributed by atoms with van der Waals surface area (Å²) in [5.41, 5.74) is 1.04. The Hall–Kier alpha value is -4.08. The van der Waals surface area contributed by atoms with Gasteiger partial charge in [0.05, 0.1) is 11.4 Å². The third-order valence-electron chi connectivity index (χ3n) is 7.19. The zero-order chi connectivity index (χ0) is 30.1. The number of sulfonamides is 1. The Morgan fingerprint density at radius 1 is 0.881 bits per heavy atom. The molecule has 0 saturated heterocycles. The van der Waals surface area contributed by atoms with E-state index < -0.39 is 34.3 Å². The molecule has 2 amide bonds. The highest BCUT2D eigenvalue weighted by atomic mass is 32.2. The van der Waals surface area contributed by atoms with Crippen LogP contribution in [0.25, 0.3) is 10.8 Å². The number of carbonyl (C=O) groups is 2. The molecule has 0 aromatic heterocycles. The zero-order valence-corrected chi connectivity index (χ0v) is 24.7. The van der Waals surface area contributed by atoms with E-state index in [-0.39, 0.29) is 29.3 Å². The van der Waals surface area contributed by atoms with Crippen LogP contribution in [0.5, 0.6) is 0 Å². The van der Waals surface area contributed by atoms with E-state index in [2.05, 4.69) is 5.32 Å². The standard InChI is InChI=1S/C33H36FN3O4S/c1-3-4-20-35-33(39)31(21-25-12-6-5-7-13-25)37(23-28-16-10-11-17-30(28)34)32(38)24-36(2)42(40,41)29-19-18-26-14-8-9-15-27(26)22-29/h5-19,22,31H,3-4,20-21,23-24H2,1-2H3,(H,35,39)/t31-/m0/s1. The molecule has 4 aromatic rings. The monoisotopic (exact) mass is 589 g/mol. The van der Waals surface area contributed by atoms with Crippen molar-refractivity contribution in [3.63, 3.8) is 0 Å². The van der Waals surface area contributed by atoms with Gasteiger partial charge >= 0.3 is 0 Å². The summed E-state index contributed by atoms with van der Waals surface area (Å²) in [6.07, 6.45) is 1.82. The lowest BCUT2D eigenvalue weighted by Gasteiger charge is -2.32. The molecule has 0 aliphatic heterocycles. The van der Waals surface area contributed by atoms with Gasteiger partial charge in [0.2, 0.25) is 21.8 Å². The maximum atomic E-state index is 14.8. The van der Waals surface area contributed by atoms with Crippen LogP contribution in [0.4, 0.5) is 4.39 Å². The molecule has 9 heteroatoms. The predicted octanol–water partition coefficient (Wildman–Crippen LogP) is 5.16. The van der Waals surface area contributed by atoms with Gasteiger partial charge in [-0.15, -0.1) is 0 Å². The van der Waals surface area contributed by atoms with Crippen molar-refractivity contribution >= 4 is 32.6 Å². The number of nitrogens with one attached hydrogen (secondary N) is 1. The average Bonchev–Trinajstić information content (AvgIpc) is 3.00. The van der Waals surface area contributed by atoms with E-state index in [4.69, 9.17) is 0 Å². The van der Waals surface area contributed by atoms with Crippen molar-refractivity contribution in [1.82, 2.24) is 14.5 Å². The fourth-order valence-electron chi connectivity index (χ4n) is 4.74. The summed E-state index contributed by atoms with van der Waals surface area (Å²) in [7, 11) is -2.72. The second-order valence-corrected chi connectivity index (χ2v) is 12.3. The Morgan fingerprint density at radius 3 is 2.26 bits per heavy atom. The number of halogens is 1. The molecule has 0 unspecified atom stereocenters. The van der Waals surface area contributed by atoms with Gasteiger partial charge in [-0.05, 0) is 41.0 Å². The topological polar surface area (TPSA) is 86.8 Å². The second kappa shape index (κ2) is 14.2. The maximum Gasteiger partial charge on any atom is 0.243 e. The fraction of sp³-hybridized carbons (Fsp3) is 0.273. The van der Waals surface area contributed by atoms with Crippen LogP contribution in [0.2, 0.25) is 0 Å². The highest BCUT2D eigenvalue weighted by Gasteiger charge is 2.33. The SMILES string of the molecule is CCCCNC(=O)[C@H](Cc1ccccc1)N(Cc1ccccc1F)C(=O)CN(C)S(=O)(=O)c1ccc2ccccc2c1. The van der Waals surface area contributed by atoms with Gasteiger partial charge in [-0.3, -0.25) is 9.59 Å². The van der Waals surface area contributed by atoms with Crippen LogP contribution in [0.3, 0.4) is 0 Å². The lowest BCUT2D eigenvalue weighted by Crippen LogP contribution is -2.53. The van der Waals surface area contributed by atoms with Gasteiger partial charge in [-0.25, -0.2) is 12.8 Å². The summed E-state index contributed by atoms with van der Waals surface area (Å²) in [4.78, 5) is 28.8. The number of benzene rings is 4. The molecule has 0 fully saturated rings. The number of amides is 2. The van der Waals surface area contributed by atoms with Crippen LogP contribution >= 0.6 is 0 Å². The minimum Gasteiger partial charge on any atom is -0.354 e. The Morgan fingerprint density at radius 2 is 1.55 bits per heavy atom. The molecule has 0 aliphatic carbocycles. The number of fused-ring (bicyclic) bond motifs is 1. The largest absolute Gasteiger partial charge is 0.354 e. The number of likely N-dealkylation sites (N-methyl/N-ethyl adjacent to an activating group) is 1. The summed E-state index contributed by atoms with van der Waals surface area (Å²) in [6, 6.07) is 26.5. The summed E-state index contributed by atoms with van der Waals surface area (Å²) in [6.45, 7) is 1.71. The van der Waals surface area contributed by atoms with Gasteiger partial charge < -0.3 is 10.2 Å². The molecule has 4 aromatic carbocycles. The van der Waals surface area contributed by atoms with E-state index in [0.717, 1.165) is 33.5 Å². The van der Waals surface area contributed by atoms with Crippen molar-refractivity contribution in [3.8, 4) is 0 Å². The summed E-state index contributed by atoms with van der Waals surface area (Å²) < 4.78 is 42.8. The Kier molecular flexibility index (Phi) is 10.4. The first-order valence-electron chi connectivity index (χ1n) is 14.0. The molecule has 42 heavy (non-hydrogen) atoms. The lowest BCUT2D eigenvalue weighted by atomic mass is 10.0. The van der Waals surface area contributed by atoms with Crippen molar-refractivity contribution in [3.05, 3.63) is 114 Å². The van der Waals surface area contributed by atoms with E-state index in [1.54, 1.807) is 30.3 Å². The minimum atomic E-state index is -4.05. The highest BCUT2D eigenvalue weighted by molar-refractivity contribution is 7.89. The van der Waals surface area contributed by atoms with Gasteiger partial charge in [0.1, 0.15) is 11.9 Å². The van der Waals surface area contributed by atoms with Crippen LogP contribution in [0, 0.1) is 5.82 Å². The van der Waals surface area contributed by atoms with Crippen LogP contribution in [0.1, 0.15) is 30.9 Å². The Bertz CT molecular complexity index is 1630. The van der Waals surface area contributed by atoms with E-state index in [1.165, 1.54) is 24.1 Å². The number of hydrogen-bond donors (Lipinski definition) is 1. The van der Waals surface area contributed by atoms with Crippen molar-refractivity contribution in [2.45, 2.75) is 43.7 Å². The minimum absolute atomic E-state index is 0.0512. The van der Waals surface area contributed by atoms with Gasteiger partial charge in [-0.1, -0.05) is 92.2 Å². The van der Waals surface area contributed by atoms with Crippen molar-refractivity contribution in [2.75, 3.05) is 20.1 Å². The third kappa shape index (κ3) is 7.60. The number of rotatable bonds is 13. The molecule has 0 heterocycles. The van der Waals surface area contributed by atoms with Crippen LogP contribution < -0.4 is 5.32 Å². The fourth-order valence-corrected chi connectivity index (χ4v) is 5.90. The van der Waals surface area contributed by atoms with E-state index >= 15 is 0 Å². The molecular formula is C33H36FN3O4S. The van der Waals surface area contributed by atoms with E-state index in [0.29, 0.717) is 6.54 Å². The first-order valence-corrected chi connectivity index (χ1v) is 15.4. The first-order chi connectivity index (χ1) is 20.2. The normalized spacial score (nSPS) is 12.3. The smallest absolute Gasteiger partial charge is 0.243 e. The quantitative estimate of drug-likeness (QED) is 0.219. The lowest BCUT2D eigenvalue weighted by molar-refractivity contribution is -0.141. The molecule has 1 atom stereocenters. The van der Waals surface area contributed by atoms with Crippen LogP contribution in [0.15, 0.2) is 102 Å². The van der Waals surface area contributed by atoms with Crippen molar-refractivity contribution < 1.29 is 22.4 Å². The van der Waals surface area contributed by atoms with Crippen molar-refractivity contribution in [1.29, 1.82) is 0 Å². The number of nitrogens with zero attached hydrogens (tertiary/aromatic N) is 2. The van der Waals surface area contributed by atoms with Gasteiger partial charge in [0, 0.05) is 32.1 Å². The molecule has 4 rings (SSSR count). The van der Waals surface area contributed by atoms with Gasteiger partial charge in [0.25, 0.3) is 0 Å². The maximum absolute atomic E-state index is 14.8. The van der Waals surface area contributed by atoms with Crippen LogP contribution in [-0.4, -0.2) is 55.6 Å². The first kappa shape index (κ1) is 30.9. The van der Waals surface area contributed by atoms with Gasteiger partial charge in [0.15, 0.2) is 0 Å². The average molecular weight is 590 g/mol. The summed E-state index contributed by atoms with van der Waals surface area (Å²) in [5, 5.41) is 4.56. The molecule has 0 spiro atoms. The second-order valence-electron chi connectivity index (χ2n) is 10.2. The Balaban J connectivity index is 1.66. The number of hydrogen-bond acceptors (Lipinski definition) is 4. The molecule has 0 aliphatic rings. The molecular weight excluding hydrogens is 553 g/mol. The molecule has 220 valence electrons. The number of carbonyl (C=O) groups excluding carboxylic acids is 2. The number of unbranched alkanes of at least 4 members (excludes halogenated alkanes) is 1. The highest BCUT2D eigenvalue weighted by Crippen LogP contribution is 2.22. The van der Waals surface area contributed by atoms with E-state index in [1.807, 2.05) is 61.5 Å². The van der Waals surface area contributed by atoms with Crippen molar-refractivity contribution in [2.24, 2.45) is 0 Å².